The predicted molar refractivity (Wildman–Crippen MR) is 54.2 cm³/mol. The maximum Gasteiger partial charge on any atom is 0.0579 e. The molecule has 64 valence electrons. The lowest BCUT2D eigenvalue weighted by Gasteiger charge is -1.98. The van der Waals surface area contributed by atoms with Crippen LogP contribution in [0.3, 0.4) is 0 Å². The first-order valence-corrected chi connectivity index (χ1v) is 4.86. The van der Waals surface area contributed by atoms with E-state index in [9.17, 15) is 0 Å². The SMILES string of the molecule is CC#CCNCc1ccsc1C. The van der Waals surface area contributed by atoms with Gasteiger partial charge >= 0.3 is 0 Å². The van der Waals surface area contributed by atoms with Crippen LogP contribution in [0.4, 0.5) is 0 Å². The number of rotatable bonds is 3. The molecule has 1 nitrogen and oxygen atoms in total. The van der Waals surface area contributed by atoms with E-state index in [0.29, 0.717) is 0 Å². The van der Waals surface area contributed by atoms with Gasteiger partial charge in [-0.1, -0.05) is 5.92 Å². The molecule has 0 unspecified atom stereocenters. The average molecular weight is 179 g/mol. The molecule has 0 saturated carbocycles. The normalized spacial score (nSPS) is 9.17. The standard InChI is InChI=1S/C10H13NS/c1-3-4-6-11-8-10-5-7-12-9(10)2/h5,7,11H,6,8H2,1-2H3. The van der Waals surface area contributed by atoms with Gasteiger partial charge in [0, 0.05) is 11.4 Å². The molecule has 0 amide bonds. The molecule has 1 heterocycles. The third kappa shape index (κ3) is 2.69. The van der Waals surface area contributed by atoms with Crippen molar-refractivity contribution in [3.63, 3.8) is 0 Å². The van der Waals surface area contributed by atoms with Gasteiger partial charge in [0.25, 0.3) is 0 Å². The van der Waals surface area contributed by atoms with E-state index >= 15 is 0 Å². The van der Waals surface area contributed by atoms with Gasteiger partial charge in [0.05, 0.1) is 6.54 Å². The Bertz CT molecular complexity index is 290. The quantitative estimate of drug-likeness (QED) is 0.554. The molecule has 1 rings (SSSR count). The van der Waals surface area contributed by atoms with Crippen LogP contribution in [0, 0.1) is 18.8 Å². The van der Waals surface area contributed by atoms with Crippen molar-refractivity contribution in [3.8, 4) is 11.8 Å². The van der Waals surface area contributed by atoms with Crippen LogP contribution in [-0.2, 0) is 6.54 Å². The predicted octanol–water partition coefficient (Wildman–Crippen LogP) is 2.17. The van der Waals surface area contributed by atoms with Crippen molar-refractivity contribution in [1.29, 1.82) is 0 Å². The maximum atomic E-state index is 3.26. The van der Waals surface area contributed by atoms with Crippen molar-refractivity contribution in [2.45, 2.75) is 20.4 Å². The fraction of sp³-hybridized carbons (Fsp3) is 0.400. The summed E-state index contributed by atoms with van der Waals surface area (Å²) in [5, 5.41) is 5.39. The van der Waals surface area contributed by atoms with Crippen LogP contribution in [0.2, 0.25) is 0 Å². The zero-order valence-corrected chi connectivity index (χ0v) is 8.29. The highest BCUT2D eigenvalue weighted by Crippen LogP contribution is 2.13. The summed E-state index contributed by atoms with van der Waals surface area (Å²) in [7, 11) is 0. The molecule has 12 heavy (non-hydrogen) atoms. The van der Waals surface area contributed by atoms with Crippen molar-refractivity contribution < 1.29 is 0 Å². The minimum absolute atomic E-state index is 0.784. The van der Waals surface area contributed by atoms with Crippen molar-refractivity contribution in [2.24, 2.45) is 0 Å². The van der Waals surface area contributed by atoms with Gasteiger partial charge in [0.2, 0.25) is 0 Å². The highest BCUT2D eigenvalue weighted by molar-refractivity contribution is 7.10. The summed E-state index contributed by atoms with van der Waals surface area (Å²) in [6, 6.07) is 2.16. The summed E-state index contributed by atoms with van der Waals surface area (Å²) in [5.74, 6) is 5.82. The van der Waals surface area contributed by atoms with Crippen molar-refractivity contribution in [1.82, 2.24) is 5.32 Å². The second kappa shape index (κ2) is 4.97. The zero-order chi connectivity index (χ0) is 8.81. The van der Waals surface area contributed by atoms with Gasteiger partial charge in [-0.2, -0.15) is 0 Å². The molecule has 0 aliphatic carbocycles. The third-order valence-electron chi connectivity index (χ3n) is 1.67. The lowest BCUT2D eigenvalue weighted by molar-refractivity contribution is 0.769. The minimum atomic E-state index is 0.784. The lowest BCUT2D eigenvalue weighted by Crippen LogP contribution is -2.13. The molecule has 2 heteroatoms. The van der Waals surface area contributed by atoms with Gasteiger partial charge in [0.1, 0.15) is 0 Å². The largest absolute Gasteiger partial charge is 0.302 e. The van der Waals surface area contributed by atoms with E-state index in [2.05, 4.69) is 35.5 Å². The third-order valence-corrected chi connectivity index (χ3v) is 2.56. The van der Waals surface area contributed by atoms with Gasteiger partial charge in [-0.3, -0.25) is 0 Å². The van der Waals surface area contributed by atoms with E-state index in [-0.39, 0.29) is 0 Å². The molecule has 0 spiro atoms. The van der Waals surface area contributed by atoms with Crippen LogP contribution in [0.15, 0.2) is 11.4 Å². The molecule has 1 aromatic rings. The van der Waals surface area contributed by atoms with Crippen LogP contribution in [0.5, 0.6) is 0 Å². The van der Waals surface area contributed by atoms with Gasteiger partial charge in [-0.15, -0.1) is 17.3 Å². The summed E-state index contributed by atoms with van der Waals surface area (Å²) in [6.45, 7) is 5.72. The van der Waals surface area contributed by atoms with Crippen LogP contribution < -0.4 is 5.32 Å². The number of hydrogen-bond donors (Lipinski definition) is 1. The number of aryl methyl sites for hydroxylation is 1. The number of hydrogen-bond acceptors (Lipinski definition) is 2. The summed E-state index contributed by atoms with van der Waals surface area (Å²) in [4.78, 5) is 1.40. The molecule has 1 N–H and O–H groups in total. The van der Waals surface area contributed by atoms with Gasteiger partial charge in [0.15, 0.2) is 0 Å². The van der Waals surface area contributed by atoms with E-state index in [0.717, 1.165) is 13.1 Å². The summed E-state index contributed by atoms with van der Waals surface area (Å²) in [5.41, 5.74) is 1.39. The average Bonchev–Trinajstić information content (AvgIpc) is 2.46. The van der Waals surface area contributed by atoms with Crippen LogP contribution in [-0.4, -0.2) is 6.54 Å². The Kier molecular flexibility index (Phi) is 3.86. The molecule has 1 aromatic heterocycles. The second-order valence-corrected chi connectivity index (χ2v) is 3.65. The molecule has 0 atom stereocenters. The molecule has 0 aliphatic heterocycles. The Morgan fingerprint density at radius 3 is 3.00 bits per heavy atom. The summed E-state index contributed by atoms with van der Waals surface area (Å²) >= 11 is 1.79. The number of thiophene rings is 1. The van der Waals surface area contributed by atoms with Crippen LogP contribution >= 0.6 is 11.3 Å². The Morgan fingerprint density at radius 1 is 1.58 bits per heavy atom. The van der Waals surface area contributed by atoms with E-state index in [1.807, 2.05) is 6.92 Å². The fourth-order valence-corrected chi connectivity index (χ4v) is 1.67. The number of nitrogens with one attached hydrogen (secondary N) is 1. The molecular weight excluding hydrogens is 166 g/mol. The lowest BCUT2D eigenvalue weighted by atomic mass is 10.3. The second-order valence-electron chi connectivity index (χ2n) is 2.53. The Hall–Kier alpha value is -0.780. The first kappa shape index (κ1) is 9.31. The van der Waals surface area contributed by atoms with E-state index in [4.69, 9.17) is 0 Å². The first-order valence-electron chi connectivity index (χ1n) is 3.98. The molecule has 0 aliphatic rings. The Morgan fingerprint density at radius 2 is 2.42 bits per heavy atom. The maximum absolute atomic E-state index is 3.26. The van der Waals surface area contributed by atoms with Crippen LogP contribution in [0.25, 0.3) is 0 Å². The molecule has 0 aromatic carbocycles. The Balaban J connectivity index is 2.32. The topological polar surface area (TPSA) is 12.0 Å². The molecule has 0 fully saturated rings. The molecule has 0 saturated heterocycles. The fourth-order valence-electron chi connectivity index (χ4n) is 0.943. The van der Waals surface area contributed by atoms with Crippen LogP contribution in [0.1, 0.15) is 17.4 Å². The van der Waals surface area contributed by atoms with Gasteiger partial charge in [-0.05, 0) is 30.9 Å². The highest BCUT2D eigenvalue weighted by atomic mass is 32.1. The van der Waals surface area contributed by atoms with E-state index < -0.39 is 0 Å². The van der Waals surface area contributed by atoms with E-state index in [1.54, 1.807) is 11.3 Å². The van der Waals surface area contributed by atoms with Crippen molar-refractivity contribution in [2.75, 3.05) is 6.54 Å². The van der Waals surface area contributed by atoms with E-state index in [1.165, 1.54) is 10.4 Å². The zero-order valence-electron chi connectivity index (χ0n) is 7.48. The van der Waals surface area contributed by atoms with Gasteiger partial charge < -0.3 is 5.32 Å². The van der Waals surface area contributed by atoms with Gasteiger partial charge in [-0.25, -0.2) is 0 Å². The summed E-state index contributed by atoms with van der Waals surface area (Å²) < 4.78 is 0. The highest BCUT2D eigenvalue weighted by Gasteiger charge is 1.96. The molecular formula is C10H13NS. The summed E-state index contributed by atoms with van der Waals surface area (Å²) in [6.07, 6.45) is 0. The van der Waals surface area contributed by atoms with Crippen molar-refractivity contribution >= 4 is 11.3 Å². The smallest absolute Gasteiger partial charge is 0.0579 e. The molecule has 0 radical (unpaired) electrons. The van der Waals surface area contributed by atoms with Crippen molar-refractivity contribution in [3.05, 3.63) is 21.9 Å². The minimum Gasteiger partial charge on any atom is -0.302 e. The monoisotopic (exact) mass is 179 g/mol. The molecule has 0 bridgehead atoms. The Labute approximate surface area is 77.8 Å². The first-order chi connectivity index (χ1) is 5.84.